The van der Waals surface area contributed by atoms with Crippen LogP contribution in [0.4, 0.5) is 10.7 Å². The number of carbonyl (C=O) groups is 1. The van der Waals surface area contributed by atoms with Crippen molar-refractivity contribution in [2.45, 2.75) is 38.2 Å². The minimum atomic E-state index is -3.95. The van der Waals surface area contributed by atoms with Crippen LogP contribution >= 0.6 is 0 Å². The number of amides is 1. The quantitative estimate of drug-likeness (QED) is 0.677. The van der Waals surface area contributed by atoms with Crippen molar-refractivity contribution < 1.29 is 22.1 Å². The maximum Gasteiger partial charge on any atom is 0.410 e. The number of benzene rings is 1. The van der Waals surface area contributed by atoms with Crippen LogP contribution in [0.15, 0.2) is 41.6 Å². The monoisotopic (exact) mass is 434 g/mol. The van der Waals surface area contributed by atoms with Crippen LogP contribution < -0.4 is 9.08 Å². The van der Waals surface area contributed by atoms with E-state index >= 15 is 0 Å². The van der Waals surface area contributed by atoms with Crippen LogP contribution in [0.1, 0.15) is 26.3 Å². The predicted molar refractivity (Wildman–Crippen MR) is 111 cm³/mol. The molecule has 0 atom stereocenters. The highest BCUT2D eigenvalue weighted by Gasteiger charge is 2.27. The van der Waals surface area contributed by atoms with Crippen molar-refractivity contribution in [1.29, 1.82) is 0 Å². The molecule has 1 fully saturated rings. The number of hydrogen-bond acceptors (Lipinski definition) is 8. The van der Waals surface area contributed by atoms with Gasteiger partial charge in [0.2, 0.25) is 5.95 Å². The van der Waals surface area contributed by atoms with E-state index < -0.39 is 15.7 Å². The molecule has 1 aliphatic heterocycles. The molecule has 30 heavy (non-hydrogen) atoms. The Morgan fingerprint density at radius 3 is 2.10 bits per heavy atom. The summed E-state index contributed by atoms with van der Waals surface area (Å²) in [7, 11) is -3.95. The van der Waals surface area contributed by atoms with Crippen molar-refractivity contribution in [2.75, 3.05) is 31.1 Å². The SMILES string of the molecule is Cc1ccc(S(=O)(=O)Oc2cnc(N3CCN(C(=O)OC(C)(C)C)CC3)nc2)cc1. The Hall–Kier alpha value is -2.88. The summed E-state index contributed by atoms with van der Waals surface area (Å²) in [5.41, 5.74) is 0.417. The van der Waals surface area contributed by atoms with E-state index in [-0.39, 0.29) is 16.7 Å². The molecule has 1 aromatic heterocycles. The van der Waals surface area contributed by atoms with Crippen LogP contribution in [0.5, 0.6) is 5.75 Å². The maximum atomic E-state index is 12.4. The Morgan fingerprint density at radius 1 is 1.00 bits per heavy atom. The highest BCUT2D eigenvalue weighted by Crippen LogP contribution is 2.20. The number of nitrogens with zero attached hydrogens (tertiary/aromatic N) is 4. The summed E-state index contributed by atoms with van der Waals surface area (Å²) in [4.78, 5) is 24.2. The van der Waals surface area contributed by atoms with E-state index in [4.69, 9.17) is 8.92 Å². The Labute approximate surface area is 176 Å². The standard InChI is InChI=1S/C20H26N4O5S/c1-15-5-7-17(8-6-15)30(26,27)29-16-13-21-18(22-14-16)23-9-11-24(12-10-23)19(25)28-20(2,3)4/h5-8,13-14H,9-12H2,1-4H3. The number of hydrogen-bond donors (Lipinski definition) is 0. The Balaban J connectivity index is 1.59. The van der Waals surface area contributed by atoms with Crippen molar-refractivity contribution in [3.63, 3.8) is 0 Å². The number of aryl methyl sites for hydroxylation is 1. The fourth-order valence-corrected chi connectivity index (χ4v) is 3.72. The molecule has 0 radical (unpaired) electrons. The second-order valence-electron chi connectivity index (χ2n) is 8.02. The Morgan fingerprint density at radius 2 is 1.57 bits per heavy atom. The molecule has 2 aromatic rings. The van der Waals surface area contributed by atoms with Gasteiger partial charge in [-0.05, 0) is 39.8 Å². The first kappa shape index (κ1) is 21.8. The molecule has 9 nitrogen and oxygen atoms in total. The van der Waals surface area contributed by atoms with Crippen molar-refractivity contribution in [1.82, 2.24) is 14.9 Å². The van der Waals surface area contributed by atoms with E-state index in [1.54, 1.807) is 17.0 Å². The molecule has 3 rings (SSSR count). The fourth-order valence-electron chi connectivity index (χ4n) is 2.81. The van der Waals surface area contributed by atoms with Crippen LogP contribution in [0.2, 0.25) is 0 Å². The molecule has 0 bridgehead atoms. The summed E-state index contributed by atoms with van der Waals surface area (Å²) in [5.74, 6) is 0.477. The van der Waals surface area contributed by atoms with Gasteiger partial charge in [0.05, 0.1) is 12.4 Å². The highest BCUT2D eigenvalue weighted by molar-refractivity contribution is 7.87. The van der Waals surface area contributed by atoms with Gasteiger partial charge in [0, 0.05) is 26.2 Å². The molecule has 1 amide bonds. The minimum Gasteiger partial charge on any atom is -0.444 e. The molecule has 0 spiro atoms. The lowest BCUT2D eigenvalue weighted by Gasteiger charge is -2.35. The summed E-state index contributed by atoms with van der Waals surface area (Å²) < 4.78 is 35.2. The molecule has 1 aliphatic rings. The largest absolute Gasteiger partial charge is 0.444 e. The van der Waals surface area contributed by atoms with Gasteiger partial charge in [-0.2, -0.15) is 8.42 Å². The molecule has 0 N–H and O–H groups in total. The zero-order valence-corrected chi connectivity index (χ0v) is 18.3. The number of aromatic nitrogens is 2. The minimum absolute atomic E-state index is 0.0340. The maximum absolute atomic E-state index is 12.4. The average Bonchev–Trinajstić information content (AvgIpc) is 2.67. The summed E-state index contributed by atoms with van der Waals surface area (Å²) in [6, 6.07) is 6.38. The third-order valence-corrected chi connectivity index (χ3v) is 5.61. The normalized spacial score (nSPS) is 15.1. The molecule has 1 aromatic carbocycles. The van der Waals surface area contributed by atoms with E-state index in [0.29, 0.717) is 32.1 Å². The first-order chi connectivity index (χ1) is 14.0. The van der Waals surface area contributed by atoms with E-state index in [1.807, 2.05) is 32.6 Å². The summed E-state index contributed by atoms with van der Waals surface area (Å²) >= 11 is 0. The van der Waals surface area contributed by atoms with E-state index in [2.05, 4.69) is 9.97 Å². The second-order valence-corrected chi connectivity index (χ2v) is 9.57. The third kappa shape index (κ3) is 5.59. The van der Waals surface area contributed by atoms with Gasteiger partial charge in [0.25, 0.3) is 0 Å². The van der Waals surface area contributed by atoms with Crippen LogP contribution in [0, 0.1) is 6.92 Å². The van der Waals surface area contributed by atoms with Crippen molar-refractivity contribution in [3.8, 4) is 5.75 Å². The van der Waals surface area contributed by atoms with Gasteiger partial charge in [-0.25, -0.2) is 14.8 Å². The molecule has 0 unspecified atom stereocenters. The fraction of sp³-hybridized carbons (Fsp3) is 0.450. The zero-order chi connectivity index (χ0) is 21.9. The van der Waals surface area contributed by atoms with Gasteiger partial charge in [-0.1, -0.05) is 17.7 Å². The molecular weight excluding hydrogens is 408 g/mol. The van der Waals surface area contributed by atoms with Crippen molar-refractivity contribution in [2.24, 2.45) is 0 Å². The van der Waals surface area contributed by atoms with Crippen LogP contribution in [0.3, 0.4) is 0 Å². The molecule has 1 saturated heterocycles. The van der Waals surface area contributed by atoms with Crippen LogP contribution in [-0.2, 0) is 14.9 Å². The van der Waals surface area contributed by atoms with Gasteiger partial charge < -0.3 is 18.7 Å². The molecule has 2 heterocycles. The lowest BCUT2D eigenvalue weighted by Crippen LogP contribution is -2.50. The van der Waals surface area contributed by atoms with Crippen molar-refractivity contribution >= 4 is 22.2 Å². The predicted octanol–water partition coefficient (Wildman–Crippen LogP) is 2.61. The zero-order valence-electron chi connectivity index (χ0n) is 17.5. The van der Waals surface area contributed by atoms with Gasteiger partial charge in [0.15, 0.2) is 5.75 Å². The number of carbonyl (C=O) groups excluding carboxylic acids is 1. The number of ether oxygens (including phenoxy) is 1. The molecular formula is C20H26N4O5S. The second kappa shape index (κ2) is 8.47. The first-order valence-corrected chi connectivity index (χ1v) is 11.0. The third-order valence-electron chi connectivity index (χ3n) is 4.34. The van der Waals surface area contributed by atoms with E-state index in [9.17, 15) is 13.2 Å². The van der Waals surface area contributed by atoms with Gasteiger partial charge >= 0.3 is 16.2 Å². The van der Waals surface area contributed by atoms with E-state index in [1.165, 1.54) is 24.5 Å². The van der Waals surface area contributed by atoms with Crippen molar-refractivity contribution in [3.05, 3.63) is 42.2 Å². The molecule has 0 saturated carbocycles. The van der Waals surface area contributed by atoms with Gasteiger partial charge in [-0.3, -0.25) is 0 Å². The van der Waals surface area contributed by atoms with Gasteiger partial charge in [-0.15, -0.1) is 0 Å². The number of anilines is 1. The summed E-state index contributed by atoms with van der Waals surface area (Å²) in [6.45, 7) is 9.42. The first-order valence-electron chi connectivity index (χ1n) is 9.60. The average molecular weight is 435 g/mol. The lowest BCUT2D eigenvalue weighted by atomic mass is 10.2. The topological polar surface area (TPSA) is 102 Å². The summed E-state index contributed by atoms with van der Waals surface area (Å²) in [5, 5.41) is 0. The lowest BCUT2D eigenvalue weighted by molar-refractivity contribution is 0.0240. The van der Waals surface area contributed by atoms with Crippen LogP contribution in [0.25, 0.3) is 0 Å². The summed E-state index contributed by atoms with van der Waals surface area (Å²) in [6.07, 6.45) is 2.32. The van der Waals surface area contributed by atoms with Crippen LogP contribution in [-0.4, -0.2) is 61.2 Å². The highest BCUT2D eigenvalue weighted by atomic mass is 32.2. The number of piperazine rings is 1. The Kier molecular flexibility index (Phi) is 6.16. The number of rotatable bonds is 4. The van der Waals surface area contributed by atoms with Gasteiger partial charge in [0.1, 0.15) is 10.5 Å². The molecule has 162 valence electrons. The smallest absolute Gasteiger partial charge is 0.410 e. The molecule has 10 heteroatoms. The molecule has 0 aliphatic carbocycles. The Bertz CT molecular complexity index is 977. The van der Waals surface area contributed by atoms with E-state index in [0.717, 1.165) is 5.56 Å².